The normalized spacial score (nSPS) is 14.6. The van der Waals surface area contributed by atoms with E-state index in [2.05, 4.69) is 15.3 Å². The number of amides is 1. The molecule has 1 atom stereocenters. The van der Waals surface area contributed by atoms with Crippen LogP contribution < -0.4 is 14.8 Å². The fourth-order valence-corrected chi connectivity index (χ4v) is 4.01. The second kappa shape index (κ2) is 9.88. The Hall–Kier alpha value is -3.98. The van der Waals surface area contributed by atoms with Gasteiger partial charge in [-0.25, -0.2) is 4.79 Å². The van der Waals surface area contributed by atoms with Crippen LogP contribution >= 0.6 is 12.2 Å². The first kappa shape index (κ1) is 23.2. The second-order valence-corrected chi connectivity index (χ2v) is 7.84. The van der Waals surface area contributed by atoms with Gasteiger partial charge in [-0.05, 0) is 55.9 Å². The molecule has 0 fully saturated rings. The smallest absolute Gasteiger partial charge is 0.338 e. The van der Waals surface area contributed by atoms with E-state index in [4.69, 9.17) is 26.4 Å². The number of esters is 1. The molecule has 2 heterocycles. The molecule has 1 aromatic heterocycles. The zero-order chi connectivity index (χ0) is 24.2. The van der Waals surface area contributed by atoms with Crippen LogP contribution in [0.15, 0.2) is 65.9 Å². The summed E-state index contributed by atoms with van der Waals surface area (Å²) in [5.74, 6) is 0.000687. The summed E-state index contributed by atoms with van der Waals surface area (Å²) in [4.78, 5) is 33.3. The predicted octanol–water partition coefficient (Wildman–Crippen LogP) is 4.76. The standard InChI is InChI=1S/C25H23N3O5S/c1-4-32-24(30)18-14(2)33-23-20(19(18)15-10-12-17(31-3)13-11-15)21(27-25(34)28-23)26-22(29)16-8-6-5-7-9-16/h5-13,19H,4H2,1-3H3,(H2,26,27,28,29,34). The third-order valence-electron chi connectivity index (χ3n) is 5.36. The molecule has 1 aliphatic heterocycles. The zero-order valence-electron chi connectivity index (χ0n) is 18.9. The third kappa shape index (κ3) is 4.55. The van der Waals surface area contributed by atoms with Crippen molar-refractivity contribution in [1.82, 2.24) is 9.97 Å². The lowest BCUT2D eigenvalue weighted by atomic mass is 9.83. The van der Waals surface area contributed by atoms with Crippen LogP contribution in [-0.2, 0) is 9.53 Å². The molecule has 0 spiro atoms. The van der Waals surface area contributed by atoms with Gasteiger partial charge in [0.05, 0.1) is 30.8 Å². The molecule has 1 amide bonds. The van der Waals surface area contributed by atoms with Gasteiger partial charge in [-0.3, -0.25) is 4.79 Å². The van der Waals surface area contributed by atoms with Gasteiger partial charge in [-0.2, -0.15) is 4.98 Å². The summed E-state index contributed by atoms with van der Waals surface area (Å²) in [7, 11) is 1.58. The van der Waals surface area contributed by atoms with Gasteiger partial charge in [-0.1, -0.05) is 30.3 Å². The number of fused-ring (bicyclic) bond motifs is 1. The summed E-state index contributed by atoms with van der Waals surface area (Å²) in [6.45, 7) is 3.61. The number of carbonyl (C=O) groups excluding carboxylic acids is 2. The summed E-state index contributed by atoms with van der Waals surface area (Å²) in [5, 5.41) is 2.88. The van der Waals surface area contributed by atoms with E-state index in [-0.39, 0.29) is 23.2 Å². The fourth-order valence-electron chi connectivity index (χ4n) is 3.83. The number of benzene rings is 2. The van der Waals surface area contributed by atoms with E-state index in [1.54, 1.807) is 57.4 Å². The Morgan fingerprint density at radius 3 is 2.50 bits per heavy atom. The summed E-state index contributed by atoms with van der Waals surface area (Å²) < 4.78 is 16.7. The highest BCUT2D eigenvalue weighted by atomic mass is 32.1. The van der Waals surface area contributed by atoms with Crippen molar-refractivity contribution < 1.29 is 23.8 Å². The third-order valence-corrected chi connectivity index (χ3v) is 5.55. The number of allylic oxidation sites excluding steroid dienone is 1. The van der Waals surface area contributed by atoms with E-state index >= 15 is 0 Å². The highest BCUT2D eigenvalue weighted by Gasteiger charge is 2.38. The van der Waals surface area contributed by atoms with Gasteiger partial charge >= 0.3 is 5.97 Å². The molecule has 3 aromatic rings. The summed E-state index contributed by atoms with van der Waals surface area (Å²) in [6.07, 6.45) is 0. The average Bonchev–Trinajstić information content (AvgIpc) is 2.83. The van der Waals surface area contributed by atoms with Gasteiger partial charge < -0.3 is 24.5 Å². The van der Waals surface area contributed by atoms with Crippen molar-refractivity contribution in [1.29, 1.82) is 0 Å². The number of nitrogens with zero attached hydrogens (tertiary/aromatic N) is 1. The molecule has 0 aliphatic carbocycles. The van der Waals surface area contributed by atoms with Gasteiger partial charge in [0.15, 0.2) is 0 Å². The van der Waals surface area contributed by atoms with Crippen LogP contribution in [0.4, 0.5) is 5.82 Å². The number of rotatable bonds is 6. The highest BCUT2D eigenvalue weighted by Crippen LogP contribution is 2.45. The van der Waals surface area contributed by atoms with Gasteiger partial charge in [0.25, 0.3) is 5.91 Å². The van der Waals surface area contributed by atoms with Crippen LogP contribution in [0.25, 0.3) is 0 Å². The number of ether oxygens (including phenoxy) is 3. The van der Waals surface area contributed by atoms with Crippen LogP contribution in [0.5, 0.6) is 11.6 Å². The first-order valence-corrected chi connectivity index (χ1v) is 11.0. The maximum atomic E-state index is 13.0. The van der Waals surface area contributed by atoms with Crippen molar-refractivity contribution in [2.75, 3.05) is 19.0 Å². The molecule has 8 nitrogen and oxygen atoms in total. The maximum Gasteiger partial charge on any atom is 0.338 e. The lowest BCUT2D eigenvalue weighted by Crippen LogP contribution is -2.26. The Balaban J connectivity index is 1.89. The first-order valence-electron chi connectivity index (χ1n) is 10.6. The Bertz CT molecular complexity index is 1320. The molecule has 174 valence electrons. The van der Waals surface area contributed by atoms with E-state index in [0.29, 0.717) is 34.0 Å². The predicted molar refractivity (Wildman–Crippen MR) is 129 cm³/mol. The lowest BCUT2D eigenvalue weighted by Gasteiger charge is -2.29. The monoisotopic (exact) mass is 477 g/mol. The van der Waals surface area contributed by atoms with Gasteiger partial charge in [0.1, 0.15) is 17.3 Å². The SMILES string of the molecule is CCOC(=O)C1=C(C)Oc2nc(=S)[nH]c(NC(=O)c3ccccc3)c2C1c1ccc(OC)cc1. The molecule has 1 unspecified atom stereocenters. The number of methoxy groups -OCH3 is 1. The molecule has 4 rings (SSSR count). The quantitative estimate of drug-likeness (QED) is 0.390. The van der Waals surface area contributed by atoms with Crippen LogP contribution in [0, 0.1) is 4.77 Å². The number of nitrogens with one attached hydrogen (secondary N) is 2. The van der Waals surface area contributed by atoms with E-state index < -0.39 is 11.9 Å². The van der Waals surface area contributed by atoms with Crippen molar-refractivity contribution >= 4 is 29.9 Å². The van der Waals surface area contributed by atoms with Crippen LogP contribution in [0.1, 0.15) is 41.3 Å². The Morgan fingerprint density at radius 2 is 1.85 bits per heavy atom. The molecule has 2 aromatic carbocycles. The summed E-state index contributed by atoms with van der Waals surface area (Å²) in [5.41, 5.74) is 2.00. The number of hydrogen-bond acceptors (Lipinski definition) is 7. The number of aromatic amines is 1. The van der Waals surface area contributed by atoms with Crippen LogP contribution in [-0.4, -0.2) is 35.6 Å². The Labute approximate surface area is 201 Å². The molecular weight excluding hydrogens is 454 g/mol. The summed E-state index contributed by atoms with van der Waals surface area (Å²) >= 11 is 5.28. The lowest BCUT2D eigenvalue weighted by molar-refractivity contribution is -0.139. The molecule has 0 radical (unpaired) electrons. The molecule has 34 heavy (non-hydrogen) atoms. The second-order valence-electron chi connectivity index (χ2n) is 7.45. The molecule has 0 bridgehead atoms. The summed E-state index contributed by atoms with van der Waals surface area (Å²) in [6, 6.07) is 16.0. The molecule has 9 heteroatoms. The fraction of sp³-hybridized carbons (Fsp3) is 0.200. The highest BCUT2D eigenvalue weighted by molar-refractivity contribution is 7.71. The molecule has 0 saturated heterocycles. The molecule has 1 aliphatic rings. The topological polar surface area (TPSA) is 103 Å². The van der Waals surface area contributed by atoms with Gasteiger partial charge in [0, 0.05) is 5.56 Å². The minimum atomic E-state index is -0.640. The van der Waals surface area contributed by atoms with Gasteiger partial charge in [0.2, 0.25) is 10.7 Å². The van der Waals surface area contributed by atoms with Crippen molar-refractivity contribution in [3.8, 4) is 11.6 Å². The van der Waals surface area contributed by atoms with E-state index in [9.17, 15) is 9.59 Å². The molecular formula is C25H23N3O5S. The first-order chi connectivity index (χ1) is 16.4. The molecule has 0 saturated carbocycles. The van der Waals surface area contributed by atoms with Crippen molar-refractivity contribution in [3.63, 3.8) is 0 Å². The minimum Gasteiger partial charge on any atom is -0.497 e. The number of carbonyl (C=O) groups is 2. The van der Waals surface area contributed by atoms with Crippen molar-refractivity contribution in [2.24, 2.45) is 0 Å². The average molecular weight is 478 g/mol. The number of anilines is 1. The Kier molecular flexibility index (Phi) is 6.74. The van der Waals surface area contributed by atoms with E-state index in [1.165, 1.54) is 0 Å². The minimum absolute atomic E-state index is 0.128. The van der Waals surface area contributed by atoms with Crippen molar-refractivity contribution in [2.45, 2.75) is 19.8 Å². The number of aromatic nitrogens is 2. The van der Waals surface area contributed by atoms with Crippen molar-refractivity contribution in [3.05, 3.63) is 87.4 Å². The van der Waals surface area contributed by atoms with Crippen LogP contribution in [0.3, 0.4) is 0 Å². The van der Waals surface area contributed by atoms with Crippen LogP contribution in [0.2, 0.25) is 0 Å². The maximum absolute atomic E-state index is 13.0. The van der Waals surface area contributed by atoms with Gasteiger partial charge in [-0.15, -0.1) is 0 Å². The van der Waals surface area contributed by atoms with E-state index in [1.807, 2.05) is 18.2 Å². The largest absolute Gasteiger partial charge is 0.497 e. The number of hydrogen-bond donors (Lipinski definition) is 2. The Morgan fingerprint density at radius 1 is 1.15 bits per heavy atom. The molecule has 2 N–H and O–H groups in total. The number of H-pyrrole nitrogens is 1. The zero-order valence-corrected chi connectivity index (χ0v) is 19.7. The van der Waals surface area contributed by atoms with E-state index in [0.717, 1.165) is 5.56 Å².